The van der Waals surface area contributed by atoms with Gasteiger partial charge in [-0.15, -0.1) is 0 Å². The number of methoxy groups -OCH3 is 1. The molecule has 182 valence electrons. The van der Waals surface area contributed by atoms with Gasteiger partial charge in [-0.3, -0.25) is 14.4 Å². The lowest BCUT2D eigenvalue weighted by molar-refractivity contribution is -0.111. The van der Waals surface area contributed by atoms with E-state index in [1.165, 1.54) is 19.4 Å². The van der Waals surface area contributed by atoms with Crippen LogP contribution in [0, 0.1) is 0 Å². The Labute approximate surface area is 206 Å². The summed E-state index contributed by atoms with van der Waals surface area (Å²) in [7, 11) is 1.48. The number of hydroxylamine groups is 1. The molecular weight excluding hydrogens is 476 g/mol. The Morgan fingerprint density at radius 3 is 2.63 bits per heavy atom. The topological polar surface area (TPSA) is 147 Å². The minimum Gasteiger partial charge on any atom is -0.495 e. The average Bonchev–Trinajstić information content (AvgIpc) is 2.87. The van der Waals surface area contributed by atoms with Gasteiger partial charge in [-0.05, 0) is 36.4 Å². The highest BCUT2D eigenvalue weighted by Crippen LogP contribution is 2.31. The monoisotopic (exact) mass is 498 g/mol. The summed E-state index contributed by atoms with van der Waals surface area (Å²) in [6.45, 7) is 3.18. The maximum Gasteiger partial charge on any atom is 0.274 e. The standard InChI is InChI=1S/C23H23ClN6O5/c1-3-20(32)26-16-6-4-5-7-17(16)27-21-15(24)13-25-23(29-21)28-18-12-14(8-9-19(18)34-2)22(33)30-35-11-10-31/h3-9,12-13,31H,1,10-11H2,2H3,(H,26,32)(H,30,33)(H2,25,27,28,29). The van der Waals surface area contributed by atoms with Crippen LogP contribution in [0.4, 0.5) is 28.8 Å². The first-order valence-corrected chi connectivity index (χ1v) is 10.6. The molecule has 0 bridgehead atoms. The molecule has 35 heavy (non-hydrogen) atoms. The number of aromatic nitrogens is 2. The van der Waals surface area contributed by atoms with Gasteiger partial charge in [0.1, 0.15) is 10.8 Å². The second-order valence-corrected chi connectivity index (χ2v) is 7.20. The van der Waals surface area contributed by atoms with Crippen molar-refractivity contribution in [3.63, 3.8) is 0 Å². The van der Waals surface area contributed by atoms with Crippen molar-refractivity contribution < 1.29 is 24.3 Å². The van der Waals surface area contributed by atoms with E-state index in [1.54, 1.807) is 36.4 Å². The summed E-state index contributed by atoms with van der Waals surface area (Å²) in [6, 6.07) is 11.7. The molecule has 3 rings (SSSR count). The summed E-state index contributed by atoms with van der Waals surface area (Å²) in [4.78, 5) is 37.5. The summed E-state index contributed by atoms with van der Waals surface area (Å²) >= 11 is 6.29. The van der Waals surface area contributed by atoms with E-state index in [2.05, 4.69) is 38.0 Å². The third-order valence-corrected chi connectivity index (χ3v) is 4.71. The predicted molar refractivity (Wildman–Crippen MR) is 132 cm³/mol. The number of aliphatic hydroxyl groups is 1. The number of hydrogen-bond acceptors (Lipinski definition) is 9. The van der Waals surface area contributed by atoms with Crippen molar-refractivity contribution in [1.29, 1.82) is 0 Å². The van der Waals surface area contributed by atoms with Gasteiger partial charge in [0.05, 0.1) is 43.6 Å². The Bertz CT molecular complexity index is 1220. The number of rotatable bonds is 11. The number of benzene rings is 2. The molecule has 2 aromatic carbocycles. The van der Waals surface area contributed by atoms with Crippen LogP contribution < -0.4 is 26.2 Å². The molecule has 0 unspecified atom stereocenters. The number of hydrogen-bond donors (Lipinski definition) is 5. The van der Waals surface area contributed by atoms with Crippen molar-refractivity contribution in [2.24, 2.45) is 0 Å². The number of nitrogens with zero attached hydrogens (tertiary/aromatic N) is 2. The molecule has 2 amide bonds. The molecule has 5 N–H and O–H groups in total. The van der Waals surface area contributed by atoms with Crippen LogP contribution in [0.15, 0.2) is 61.3 Å². The molecule has 0 aliphatic heterocycles. The summed E-state index contributed by atoms with van der Waals surface area (Å²) in [5, 5.41) is 17.8. The van der Waals surface area contributed by atoms with Gasteiger partial charge >= 0.3 is 0 Å². The molecular formula is C23H23ClN6O5. The third kappa shape index (κ3) is 6.90. The Balaban J connectivity index is 1.85. The molecule has 0 saturated heterocycles. The number of nitrogens with one attached hydrogen (secondary N) is 4. The maximum absolute atomic E-state index is 12.3. The van der Waals surface area contributed by atoms with Gasteiger partial charge in [0.2, 0.25) is 11.9 Å². The summed E-state index contributed by atoms with van der Waals surface area (Å²) in [5.41, 5.74) is 3.97. The van der Waals surface area contributed by atoms with Crippen molar-refractivity contribution in [2.45, 2.75) is 0 Å². The highest BCUT2D eigenvalue weighted by atomic mass is 35.5. The van der Waals surface area contributed by atoms with Crippen molar-refractivity contribution in [3.05, 3.63) is 71.9 Å². The van der Waals surface area contributed by atoms with Crippen molar-refractivity contribution in [1.82, 2.24) is 15.4 Å². The van der Waals surface area contributed by atoms with E-state index in [1.807, 2.05) is 0 Å². The molecule has 1 aromatic heterocycles. The van der Waals surface area contributed by atoms with E-state index < -0.39 is 5.91 Å². The number of aliphatic hydroxyl groups excluding tert-OH is 1. The van der Waals surface area contributed by atoms with Crippen molar-refractivity contribution in [3.8, 4) is 5.75 Å². The predicted octanol–water partition coefficient (Wildman–Crippen LogP) is 3.40. The molecule has 1 heterocycles. The fourth-order valence-electron chi connectivity index (χ4n) is 2.82. The molecule has 3 aromatic rings. The number of carbonyl (C=O) groups excluding carboxylic acids is 2. The van der Waals surface area contributed by atoms with Crippen molar-refractivity contribution >= 4 is 52.2 Å². The fraction of sp³-hybridized carbons (Fsp3) is 0.130. The van der Waals surface area contributed by atoms with E-state index in [9.17, 15) is 9.59 Å². The Morgan fingerprint density at radius 2 is 1.91 bits per heavy atom. The largest absolute Gasteiger partial charge is 0.495 e. The fourth-order valence-corrected chi connectivity index (χ4v) is 2.95. The van der Waals surface area contributed by atoms with E-state index in [0.717, 1.165) is 6.08 Å². The van der Waals surface area contributed by atoms with Crippen LogP contribution in [0.1, 0.15) is 10.4 Å². The molecule has 0 spiro atoms. The molecule has 0 aliphatic carbocycles. The summed E-state index contributed by atoms with van der Waals surface area (Å²) in [5.74, 6) is -0.00937. The first-order chi connectivity index (χ1) is 16.9. The maximum atomic E-state index is 12.3. The first kappa shape index (κ1) is 25.4. The molecule has 0 aliphatic rings. The van der Waals surface area contributed by atoms with Crippen molar-refractivity contribution in [2.75, 3.05) is 36.3 Å². The van der Waals surface area contributed by atoms with E-state index in [-0.39, 0.29) is 41.5 Å². The molecule has 0 atom stereocenters. The SMILES string of the molecule is C=CC(=O)Nc1ccccc1Nc1nc(Nc2cc(C(=O)NOCCO)ccc2OC)ncc1Cl. The summed E-state index contributed by atoms with van der Waals surface area (Å²) < 4.78 is 5.36. The minimum absolute atomic E-state index is 0.0399. The Morgan fingerprint density at radius 1 is 1.14 bits per heavy atom. The minimum atomic E-state index is -0.512. The lowest BCUT2D eigenvalue weighted by Crippen LogP contribution is -2.25. The molecule has 0 fully saturated rings. The number of para-hydroxylation sites is 2. The van der Waals surface area contributed by atoms with Gasteiger partial charge < -0.3 is 25.8 Å². The van der Waals surface area contributed by atoms with Gasteiger partial charge in [-0.25, -0.2) is 10.5 Å². The quantitative estimate of drug-likeness (QED) is 0.152. The lowest BCUT2D eigenvalue weighted by Gasteiger charge is -2.15. The van der Waals surface area contributed by atoms with Gasteiger partial charge in [0, 0.05) is 5.56 Å². The number of ether oxygens (including phenoxy) is 1. The van der Waals surface area contributed by atoms with Crippen LogP contribution >= 0.6 is 11.6 Å². The number of anilines is 5. The zero-order chi connectivity index (χ0) is 25.2. The van der Waals surface area contributed by atoms with Gasteiger partial charge in [0.15, 0.2) is 5.82 Å². The summed E-state index contributed by atoms with van der Waals surface area (Å²) in [6.07, 6.45) is 2.56. The molecule has 0 saturated carbocycles. The van der Waals surface area contributed by atoms with Gasteiger partial charge in [-0.1, -0.05) is 30.3 Å². The smallest absolute Gasteiger partial charge is 0.274 e. The second kappa shape index (κ2) is 12.3. The van der Waals surface area contributed by atoms with E-state index in [4.69, 9.17) is 26.3 Å². The molecule has 11 nitrogen and oxygen atoms in total. The Kier molecular flexibility index (Phi) is 8.95. The third-order valence-electron chi connectivity index (χ3n) is 4.43. The highest BCUT2D eigenvalue weighted by Gasteiger charge is 2.14. The normalized spacial score (nSPS) is 10.3. The zero-order valence-electron chi connectivity index (χ0n) is 18.7. The van der Waals surface area contributed by atoms with Crippen LogP contribution in [-0.4, -0.2) is 47.2 Å². The highest BCUT2D eigenvalue weighted by molar-refractivity contribution is 6.33. The van der Waals surface area contributed by atoms with Gasteiger partial charge in [-0.2, -0.15) is 4.98 Å². The van der Waals surface area contributed by atoms with Crippen LogP contribution in [0.5, 0.6) is 5.75 Å². The average molecular weight is 499 g/mol. The number of halogens is 1. The lowest BCUT2D eigenvalue weighted by atomic mass is 10.1. The van der Waals surface area contributed by atoms with Crippen LogP contribution in [-0.2, 0) is 9.63 Å². The van der Waals surface area contributed by atoms with E-state index >= 15 is 0 Å². The second-order valence-electron chi connectivity index (χ2n) is 6.80. The number of amides is 2. The Hall–Kier alpha value is -4.19. The first-order valence-electron chi connectivity index (χ1n) is 10.2. The van der Waals surface area contributed by atoms with E-state index in [0.29, 0.717) is 22.8 Å². The molecule has 12 heteroatoms. The molecule has 0 radical (unpaired) electrons. The van der Waals surface area contributed by atoms with Gasteiger partial charge in [0.25, 0.3) is 5.91 Å². The van der Waals surface area contributed by atoms with Crippen LogP contribution in [0.3, 0.4) is 0 Å². The zero-order valence-corrected chi connectivity index (χ0v) is 19.4. The number of carbonyl (C=O) groups is 2. The van der Waals surface area contributed by atoms with Crippen LogP contribution in [0.25, 0.3) is 0 Å². The van der Waals surface area contributed by atoms with Crippen LogP contribution in [0.2, 0.25) is 5.02 Å².